The van der Waals surface area contributed by atoms with E-state index in [9.17, 15) is 9.59 Å². The van der Waals surface area contributed by atoms with Gasteiger partial charge in [-0.3, -0.25) is 0 Å². The summed E-state index contributed by atoms with van der Waals surface area (Å²) in [5, 5.41) is 21.7. The lowest BCUT2D eigenvalue weighted by atomic mass is 10.3. The molecule has 0 spiro atoms. The molecular weight excluding hydrogens is 216 g/mol. The van der Waals surface area contributed by atoms with Crippen molar-refractivity contribution < 1.29 is 24.2 Å². The molecule has 0 bridgehead atoms. The van der Waals surface area contributed by atoms with Crippen LogP contribution in [0.4, 0.5) is 4.79 Å². The van der Waals surface area contributed by atoms with E-state index in [-0.39, 0.29) is 6.54 Å². The highest BCUT2D eigenvalue weighted by molar-refractivity contribution is 5.82. The highest BCUT2D eigenvalue weighted by atomic mass is 16.4. The Balaban J connectivity index is 2.33. The molecule has 4 N–H and O–H groups in total. The Bertz CT molecular complexity index is 349. The van der Waals surface area contributed by atoms with Gasteiger partial charge in [0.2, 0.25) is 0 Å². The van der Waals surface area contributed by atoms with Gasteiger partial charge in [-0.25, -0.2) is 9.59 Å². The van der Waals surface area contributed by atoms with E-state index in [1.807, 2.05) is 0 Å². The normalized spacial score (nSPS) is 11.8. The molecule has 0 radical (unpaired) electrons. The Morgan fingerprint density at radius 1 is 1.50 bits per heavy atom. The molecule has 1 atom stereocenters. The zero-order chi connectivity index (χ0) is 12.0. The highest BCUT2D eigenvalue weighted by Gasteiger charge is 2.18. The van der Waals surface area contributed by atoms with Crippen molar-refractivity contribution in [2.45, 2.75) is 12.6 Å². The van der Waals surface area contributed by atoms with Crippen molar-refractivity contribution >= 4 is 12.0 Å². The summed E-state index contributed by atoms with van der Waals surface area (Å²) in [6, 6.07) is 1.35. The average Bonchev–Trinajstić information content (AvgIpc) is 2.75. The Hall–Kier alpha value is -2.02. The molecule has 1 unspecified atom stereocenters. The molecule has 0 saturated carbocycles. The number of urea groups is 1. The minimum atomic E-state index is -1.31. The molecule has 1 heterocycles. The summed E-state index contributed by atoms with van der Waals surface area (Å²) >= 11 is 0. The van der Waals surface area contributed by atoms with Gasteiger partial charge in [0.1, 0.15) is 5.76 Å². The molecule has 0 aliphatic carbocycles. The maximum Gasteiger partial charge on any atom is 0.328 e. The SMILES string of the molecule is O=C(NCc1ccco1)NC(CO)C(=O)O. The van der Waals surface area contributed by atoms with Gasteiger partial charge in [-0.2, -0.15) is 0 Å². The van der Waals surface area contributed by atoms with Crippen molar-refractivity contribution in [3.63, 3.8) is 0 Å². The number of carbonyl (C=O) groups excluding carboxylic acids is 1. The summed E-state index contributed by atoms with van der Waals surface area (Å²) in [6.45, 7) is -0.514. The summed E-state index contributed by atoms with van der Waals surface area (Å²) in [5.41, 5.74) is 0. The second kappa shape index (κ2) is 5.76. The topological polar surface area (TPSA) is 112 Å². The molecular formula is C9H12N2O5. The van der Waals surface area contributed by atoms with Crippen LogP contribution in [-0.4, -0.2) is 34.9 Å². The first-order chi connectivity index (χ1) is 7.63. The fourth-order valence-electron chi connectivity index (χ4n) is 0.975. The number of hydrogen-bond donors (Lipinski definition) is 4. The van der Waals surface area contributed by atoms with Crippen molar-refractivity contribution in [1.29, 1.82) is 0 Å². The molecule has 0 aliphatic rings. The Morgan fingerprint density at radius 3 is 2.75 bits per heavy atom. The van der Waals surface area contributed by atoms with Crippen molar-refractivity contribution in [2.24, 2.45) is 0 Å². The van der Waals surface area contributed by atoms with Crippen molar-refractivity contribution in [3.8, 4) is 0 Å². The first-order valence-electron chi connectivity index (χ1n) is 4.54. The molecule has 16 heavy (non-hydrogen) atoms. The average molecular weight is 228 g/mol. The quantitative estimate of drug-likeness (QED) is 0.544. The second-order valence-electron chi connectivity index (χ2n) is 2.98. The van der Waals surface area contributed by atoms with Gasteiger partial charge in [0, 0.05) is 0 Å². The zero-order valence-corrected chi connectivity index (χ0v) is 8.34. The molecule has 1 aromatic heterocycles. The van der Waals surface area contributed by atoms with E-state index < -0.39 is 24.6 Å². The van der Waals surface area contributed by atoms with Crippen LogP contribution < -0.4 is 10.6 Å². The van der Waals surface area contributed by atoms with Gasteiger partial charge in [-0.1, -0.05) is 0 Å². The number of nitrogens with one attached hydrogen (secondary N) is 2. The van der Waals surface area contributed by atoms with E-state index in [0.717, 1.165) is 0 Å². The molecule has 7 heteroatoms. The van der Waals surface area contributed by atoms with Crippen LogP contribution in [0.3, 0.4) is 0 Å². The Morgan fingerprint density at radius 2 is 2.25 bits per heavy atom. The summed E-state index contributed by atoms with van der Waals surface area (Å²) in [7, 11) is 0. The largest absolute Gasteiger partial charge is 0.480 e. The van der Waals surface area contributed by atoms with Gasteiger partial charge in [0.15, 0.2) is 6.04 Å². The van der Waals surface area contributed by atoms with Gasteiger partial charge in [0.25, 0.3) is 0 Å². The van der Waals surface area contributed by atoms with Crippen LogP contribution >= 0.6 is 0 Å². The number of aliphatic carboxylic acids is 1. The third-order valence-corrected chi connectivity index (χ3v) is 1.79. The number of carboxylic acids is 1. The lowest BCUT2D eigenvalue weighted by Crippen LogP contribution is -2.47. The minimum absolute atomic E-state index is 0.149. The minimum Gasteiger partial charge on any atom is -0.480 e. The first kappa shape index (κ1) is 12.1. The predicted molar refractivity (Wildman–Crippen MR) is 52.6 cm³/mol. The molecule has 1 aromatic rings. The van der Waals surface area contributed by atoms with E-state index in [1.54, 1.807) is 12.1 Å². The summed E-state index contributed by atoms with van der Waals surface area (Å²) in [4.78, 5) is 21.7. The number of amides is 2. The van der Waals surface area contributed by atoms with Gasteiger partial charge < -0.3 is 25.3 Å². The maximum atomic E-state index is 11.2. The Kier molecular flexibility index (Phi) is 4.34. The fraction of sp³-hybridized carbons (Fsp3) is 0.333. The number of carboxylic acid groups (broad SMARTS) is 1. The van der Waals surface area contributed by atoms with Crippen molar-refractivity contribution in [1.82, 2.24) is 10.6 Å². The number of carbonyl (C=O) groups is 2. The van der Waals surface area contributed by atoms with E-state index >= 15 is 0 Å². The number of furan rings is 1. The third-order valence-electron chi connectivity index (χ3n) is 1.79. The van der Waals surface area contributed by atoms with Crippen LogP contribution in [0.1, 0.15) is 5.76 Å². The third kappa shape index (κ3) is 3.62. The zero-order valence-electron chi connectivity index (χ0n) is 8.34. The molecule has 88 valence electrons. The highest BCUT2D eigenvalue weighted by Crippen LogP contribution is 1.98. The first-order valence-corrected chi connectivity index (χ1v) is 4.54. The predicted octanol–water partition coefficient (Wildman–Crippen LogP) is -0.476. The molecule has 0 aliphatic heterocycles. The number of aliphatic hydroxyl groups excluding tert-OH is 1. The Labute approximate surface area is 91.1 Å². The summed E-state index contributed by atoms with van der Waals surface area (Å²) < 4.78 is 4.95. The van der Waals surface area contributed by atoms with E-state index in [0.29, 0.717) is 5.76 Å². The summed E-state index contributed by atoms with van der Waals surface area (Å²) in [6.07, 6.45) is 1.46. The molecule has 7 nitrogen and oxygen atoms in total. The van der Waals surface area contributed by atoms with Gasteiger partial charge in [0.05, 0.1) is 19.4 Å². The second-order valence-corrected chi connectivity index (χ2v) is 2.98. The van der Waals surface area contributed by atoms with Gasteiger partial charge >= 0.3 is 12.0 Å². The van der Waals surface area contributed by atoms with Gasteiger partial charge in [-0.15, -0.1) is 0 Å². The van der Waals surface area contributed by atoms with Crippen LogP contribution in [0.15, 0.2) is 22.8 Å². The van der Waals surface area contributed by atoms with E-state index in [4.69, 9.17) is 14.6 Å². The fourth-order valence-corrected chi connectivity index (χ4v) is 0.975. The van der Waals surface area contributed by atoms with Gasteiger partial charge in [-0.05, 0) is 12.1 Å². The van der Waals surface area contributed by atoms with Crippen molar-refractivity contribution in [2.75, 3.05) is 6.61 Å². The summed E-state index contributed by atoms with van der Waals surface area (Å²) in [5.74, 6) is -0.748. The van der Waals surface area contributed by atoms with Crippen LogP contribution in [-0.2, 0) is 11.3 Å². The maximum absolute atomic E-state index is 11.2. The van der Waals surface area contributed by atoms with Crippen molar-refractivity contribution in [3.05, 3.63) is 24.2 Å². The lowest BCUT2D eigenvalue weighted by molar-refractivity contribution is -0.140. The number of rotatable bonds is 5. The molecule has 0 aromatic carbocycles. The molecule has 1 rings (SSSR count). The molecule has 0 fully saturated rings. The van der Waals surface area contributed by atoms with Crippen LogP contribution in [0, 0.1) is 0 Å². The smallest absolute Gasteiger partial charge is 0.328 e. The van der Waals surface area contributed by atoms with Crippen LogP contribution in [0.2, 0.25) is 0 Å². The standard InChI is InChI=1S/C9H12N2O5/c12-5-7(8(13)14)11-9(15)10-4-6-2-1-3-16-6/h1-3,7,12H,4-5H2,(H,13,14)(H2,10,11,15). The lowest BCUT2D eigenvalue weighted by Gasteiger charge is -2.11. The number of hydrogen-bond acceptors (Lipinski definition) is 4. The monoisotopic (exact) mass is 228 g/mol. The van der Waals surface area contributed by atoms with Crippen LogP contribution in [0.5, 0.6) is 0 Å². The molecule has 0 saturated heterocycles. The number of aliphatic hydroxyl groups is 1. The van der Waals surface area contributed by atoms with E-state index in [1.165, 1.54) is 6.26 Å². The molecule has 2 amide bonds. The van der Waals surface area contributed by atoms with Crippen LogP contribution in [0.25, 0.3) is 0 Å². The van der Waals surface area contributed by atoms with E-state index in [2.05, 4.69) is 10.6 Å².